The van der Waals surface area contributed by atoms with Gasteiger partial charge in [0.25, 0.3) is 0 Å². The van der Waals surface area contributed by atoms with Gasteiger partial charge < -0.3 is 14.8 Å². The molecule has 2 fully saturated rings. The van der Waals surface area contributed by atoms with Crippen LogP contribution < -0.4 is 5.32 Å². The number of hydrogen-bond donors (Lipinski definition) is 1. The first kappa shape index (κ1) is 15.4. The monoisotopic (exact) mass is 310 g/mol. The van der Waals surface area contributed by atoms with Crippen LogP contribution in [-0.4, -0.2) is 56.0 Å². The Kier molecular flexibility index (Phi) is 5.29. The van der Waals surface area contributed by atoms with Crippen molar-refractivity contribution in [2.24, 2.45) is 0 Å². The molecule has 0 bridgehead atoms. The van der Waals surface area contributed by atoms with Crippen LogP contribution in [0.2, 0.25) is 0 Å². The Morgan fingerprint density at radius 1 is 1.43 bits per heavy atom. The van der Waals surface area contributed by atoms with Gasteiger partial charge >= 0.3 is 0 Å². The predicted molar refractivity (Wildman–Crippen MR) is 85.8 cm³/mol. The van der Waals surface area contributed by atoms with E-state index in [0.717, 1.165) is 58.8 Å². The maximum absolute atomic E-state index is 5.79. The van der Waals surface area contributed by atoms with Crippen molar-refractivity contribution in [3.05, 3.63) is 22.4 Å². The summed E-state index contributed by atoms with van der Waals surface area (Å²) in [6.07, 6.45) is 2.75. The molecule has 21 heavy (non-hydrogen) atoms. The van der Waals surface area contributed by atoms with Crippen molar-refractivity contribution in [3.8, 4) is 0 Å². The summed E-state index contributed by atoms with van der Waals surface area (Å²) in [5.74, 6) is 0. The van der Waals surface area contributed by atoms with Gasteiger partial charge in [0.1, 0.15) is 0 Å². The minimum Gasteiger partial charge on any atom is -0.379 e. The SMILES string of the molecule is CCOC1CC(CNCc2ccsc2)(N2CCOCC2)C1. The summed E-state index contributed by atoms with van der Waals surface area (Å²) >= 11 is 1.77. The minimum atomic E-state index is 0.277. The second kappa shape index (κ2) is 7.20. The Labute approximate surface area is 131 Å². The van der Waals surface area contributed by atoms with Gasteiger partial charge in [-0.25, -0.2) is 0 Å². The van der Waals surface area contributed by atoms with Crippen LogP contribution >= 0.6 is 11.3 Å². The molecule has 1 saturated carbocycles. The lowest BCUT2D eigenvalue weighted by molar-refractivity contribution is -0.125. The molecule has 0 amide bonds. The Bertz CT molecular complexity index is 412. The van der Waals surface area contributed by atoms with Gasteiger partial charge in [0.05, 0.1) is 19.3 Å². The molecule has 1 aromatic heterocycles. The molecule has 4 nitrogen and oxygen atoms in total. The van der Waals surface area contributed by atoms with Gasteiger partial charge in [0, 0.05) is 38.3 Å². The molecule has 0 aromatic carbocycles. The number of nitrogens with one attached hydrogen (secondary N) is 1. The van der Waals surface area contributed by atoms with Gasteiger partial charge in [-0.2, -0.15) is 11.3 Å². The molecule has 0 radical (unpaired) electrons. The predicted octanol–water partition coefficient (Wildman–Crippen LogP) is 2.11. The quantitative estimate of drug-likeness (QED) is 0.836. The molecule has 3 rings (SSSR count). The third-order valence-corrected chi connectivity index (χ3v) is 5.39. The first-order valence-electron chi connectivity index (χ1n) is 7.98. The zero-order valence-corrected chi connectivity index (χ0v) is 13.7. The van der Waals surface area contributed by atoms with Crippen molar-refractivity contribution in [1.29, 1.82) is 0 Å². The van der Waals surface area contributed by atoms with Crippen LogP contribution in [0, 0.1) is 0 Å². The fourth-order valence-corrected chi connectivity index (χ4v) is 4.19. The van der Waals surface area contributed by atoms with Gasteiger partial charge in [-0.1, -0.05) is 0 Å². The molecule has 0 spiro atoms. The fraction of sp³-hybridized carbons (Fsp3) is 0.750. The molecule has 2 heterocycles. The average Bonchev–Trinajstić information content (AvgIpc) is 2.98. The summed E-state index contributed by atoms with van der Waals surface area (Å²) in [4.78, 5) is 2.62. The number of nitrogens with zero attached hydrogens (tertiary/aromatic N) is 1. The lowest BCUT2D eigenvalue weighted by Crippen LogP contribution is -2.66. The van der Waals surface area contributed by atoms with E-state index in [1.165, 1.54) is 5.56 Å². The lowest BCUT2D eigenvalue weighted by Gasteiger charge is -2.55. The summed E-state index contributed by atoms with van der Waals surface area (Å²) < 4.78 is 11.3. The maximum Gasteiger partial charge on any atom is 0.0611 e. The van der Waals surface area contributed by atoms with E-state index in [2.05, 4.69) is 34.0 Å². The molecule has 118 valence electrons. The average molecular weight is 310 g/mol. The van der Waals surface area contributed by atoms with Crippen molar-refractivity contribution in [2.75, 3.05) is 39.5 Å². The molecular weight excluding hydrogens is 284 g/mol. The summed E-state index contributed by atoms with van der Waals surface area (Å²) in [5.41, 5.74) is 1.66. The third kappa shape index (κ3) is 3.66. The smallest absolute Gasteiger partial charge is 0.0611 e. The standard InChI is InChI=1S/C16H26N2O2S/c1-2-20-15-9-16(10-15,18-4-6-19-7-5-18)13-17-11-14-3-8-21-12-14/h3,8,12,15,17H,2,4-7,9-11,13H2,1H3. The van der Waals surface area contributed by atoms with E-state index in [-0.39, 0.29) is 5.54 Å². The zero-order chi connectivity index (χ0) is 14.5. The number of hydrogen-bond acceptors (Lipinski definition) is 5. The Balaban J connectivity index is 1.54. The highest BCUT2D eigenvalue weighted by molar-refractivity contribution is 7.07. The summed E-state index contributed by atoms with van der Waals surface area (Å²) in [6.45, 7) is 8.77. The van der Waals surface area contributed by atoms with E-state index >= 15 is 0 Å². The van der Waals surface area contributed by atoms with Gasteiger partial charge in [0.2, 0.25) is 0 Å². The van der Waals surface area contributed by atoms with Crippen LogP contribution in [0.25, 0.3) is 0 Å². The number of rotatable bonds is 7. The van der Waals surface area contributed by atoms with E-state index in [0.29, 0.717) is 6.10 Å². The van der Waals surface area contributed by atoms with Crippen molar-refractivity contribution in [2.45, 2.75) is 38.0 Å². The summed E-state index contributed by atoms with van der Waals surface area (Å²) in [6, 6.07) is 2.20. The number of ether oxygens (including phenoxy) is 2. The molecule has 1 saturated heterocycles. The van der Waals surface area contributed by atoms with Gasteiger partial charge in [-0.05, 0) is 42.2 Å². The Morgan fingerprint density at radius 3 is 2.90 bits per heavy atom. The summed E-state index contributed by atoms with van der Waals surface area (Å²) in [5, 5.41) is 8.02. The maximum atomic E-state index is 5.79. The lowest BCUT2D eigenvalue weighted by atomic mass is 9.72. The molecule has 2 aliphatic rings. The highest BCUT2D eigenvalue weighted by Gasteiger charge is 2.48. The molecule has 1 aliphatic heterocycles. The Morgan fingerprint density at radius 2 is 2.24 bits per heavy atom. The van der Waals surface area contributed by atoms with Crippen LogP contribution in [-0.2, 0) is 16.0 Å². The molecule has 1 N–H and O–H groups in total. The first-order valence-corrected chi connectivity index (χ1v) is 8.93. The molecule has 0 unspecified atom stereocenters. The van der Waals surface area contributed by atoms with E-state index < -0.39 is 0 Å². The second-order valence-electron chi connectivity index (χ2n) is 6.04. The van der Waals surface area contributed by atoms with Crippen LogP contribution in [0.1, 0.15) is 25.3 Å². The normalized spacial score (nSPS) is 30.2. The molecule has 1 aliphatic carbocycles. The Hall–Kier alpha value is -0.460. The van der Waals surface area contributed by atoms with Crippen molar-refractivity contribution in [3.63, 3.8) is 0 Å². The molecule has 0 atom stereocenters. The molecular formula is C16H26N2O2S. The van der Waals surface area contributed by atoms with E-state index in [4.69, 9.17) is 9.47 Å². The van der Waals surface area contributed by atoms with Crippen LogP contribution in [0.5, 0.6) is 0 Å². The second-order valence-corrected chi connectivity index (χ2v) is 6.82. The highest BCUT2D eigenvalue weighted by Crippen LogP contribution is 2.40. The topological polar surface area (TPSA) is 33.7 Å². The molecule has 5 heteroatoms. The van der Waals surface area contributed by atoms with Crippen LogP contribution in [0.4, 0.5) is 0 Å². The van der Waals surface area contributed by atoms with Crippen LogP contribution in [0.3, 0.4) is 0 Å². The summed E-state index contributed by atoms with van der Waals surface area (Å²) in [7, 11) is 0. The van der Waals surface area contributed by atoms with Gasteiger partial charge in [0.15, 0.2) is 0 Å². The zero-order valence-electron chi connectivity index (χ0n) is 12.8. The third-order valence-electron chi connectivity index (χ3n) is 4.66. The number of morpholine rings is 1. The first-order chi connectivity index (χ1) is 10.3. The highest BCUT2D eigenvalue weighted by atomic mass is 32.1. The van der Waals surface area contributed by atoms with Gasteiger partial charge in [-0.15, -0.1) is 0 Å². The van der Waals surface area contributed by atoms with E-state index in [1.807, 2.05) is 0 Å². The van der Waals surface area contributed by atoms with E-state index in [1.54, 1.807) is 11.3 Å². The largest absolute Gasteiger partial charge is 0.379 e. The van der Waals surface area contributed by atoms with Crippen molar-refractivity contribution >= 4 is 11.3 Å². The minimum absolute atomic E-state index is 0.277. The van der Waals surface area contributed by atoms with Crippen LogP contribution in [0.15, 0.2) is 16.8 Å². The van der Waals surface area contributed by atoms with Crippen molar-refractivity contribution < 1.29 is 9.47 Å². The number of thiophene rings is 1. The fourth-order valence-electron chi connectivity index (χ4n) is 3.53. The van der Waals surface area contributed by atoms with Gasteiger partial charge in [-0.3, -0.25) is 4.90 Å². The van der Waals surface area contributed by atoms with Crippen molar-refractivity contribution in [1.82, 2.24) is 10.2 Å². The molecule has 1 aromatic rings. The van der Waals surface area contributed by atoms with E-state index in [9.17, 15) is 0 Å².